The quantitative estimate of drug-likeness (QED) is 0.780. The summed E-state index contributed by atoms with van der Waals surface area (Å²) >= 11 is 7.23. The zero-order chi connectivity index (χ0) is 10.1. The normalized spacial score (nSPS) is 10.4. The summed E-state index contributed by atoms with van der Waals surface area (Å²) in [5.41, 5.74) is 11.8. The van der Waals surface area contributed by atoms with Gasteiger partial charge in [0.2, 0.25) is 5.95 Å². The maximum atomic E-state index is 5.81. The van der Waals surface area contributed by atoms with Gasteiger partial charge < -0.3 is 11.5 Å². The molecule has 4 N–H and O–H groups in total. The molecule has 0 aromatic carbocycles. The van der Waals surface area contributed by atoms with Gasteiger partial charge in [0.1, 0.15) is 5.82 Å². The third-order valence-electron chi connectivity index (χ3n) is 1.68. The topological polar surface area (TPSA) is 77.8 Å². The molecule has 0 atom stereocenters. The molecule has 0 aliphatic carbocycles. The molecule has 0 bridgehead atoms. The fraction of sp³-hybridized carbons (Fsp3) is 0. The van der Waals surface area contributed by atoms with Crippen molar-refractivity contribution >= 4 is 34.7 Å². The second kappa shape index (κ2) is 3.43. The first-order chi connectivity index (χ1) is 6.66. The lowest BCUT2D eigenvalue weighted by Crippen LogP contribution is -2.00. The van der Waals surface area contributed by atoms with Gasteiger partial charge >= 0.3 is 0 Å². The Bertz CT molecular complexity index is 468. The van der Waals surface area contributed by atoms with Crippen molar-refractivity contribution in [2.24, 2.45) is 0 Å². The van der Waals surface area contributed by atoms with E-state index in [9.17, 15) is 0 Å². The molecule has 0 fully saturated rings. The van der Waals surface area contributed by atoms with Crippen molar-refractivity contribution in [2.45, 2.75) is 0 Å². The minimum Gasteiger partial charge on any atom is -0.383 e. The van der Waals surface area contributed by atoms with Crippen molar-refractivity contribution in [3.8, 4) is 10.4 Å². The highest BCUT2D eigenvalue weighted by atomic mass is 35.5. The van der Waals surface area contributed by atoms with Gasteiger partial charge in [-0.2, -0.15) is 4.98 Å². The fourth-order valence-electron chi connectivity index (χ4n) is 1.06. The largest absolute Gasteiger partial charge is 0.383 e. The minimum absolute atomic E-state index is 0.175. The van der Waals surface area contributed by atoms with E-state index in [-0.39, 0.29) is 5.95 Å². The van der Waals surface area contributed by atoms with E-state index in [2.05, 4.69) is 9.97 Å². The SMILES string of the molecule is Nc1ncc(-c2ccc(Cl)s2)c(N)n1. The molecule has 0 spiro atoms. The first-order valence-corrected chi connectivity index (χ1v) is 5.00. The number of anilines is 2. The summed E-state index contributed by atoms with van der Waals surface area (Å²) in [4.78, 5) is 8.68. The predicted molar refractivity (Wildman–Crippen MR) is 59.2 cm³/mol. The van der Waals surface area contributed by atoms with Crippen molar-refractivity contribution in [1.82, 2.24) is 9.97 Å². The molecule has 0 radical (unpaired) electrons. The average molecular weight is 227 g/mol. The predicted octanol–water partition coefficient (Wildman–Crippen LogP) is 2.02. The number of aromatic nitrogens is 2. The zero-order valence-electron chi connectivity index (χ0n) is 7.07. The van der Waals surface area contributed by atoms with E-state index in [1.54, 1.807) is 12.3 Å². The van der Waals surface area contributed by atoms with Gasteiger partial charge in [0, 0.05) is 11.1 Å². The van der Waals surface area contributed by atoms with Gasteiger partial charge in [-0.25, -0.2) is 4.98 Å². The average Bonchev–Trinajstić information content (AvgIpc) is 2.51. The molecule has 0 amide bonds. The van der Waals surface area contributed by atoms with Crippen molar-refractivity contribution in [2.75, 3.05) is 11.5 Å². The molecule has 2 aromatic rings. The Morgan fingerprint density at radius 1 is 1.29 bits per heavy atom. The van der Waals surface area contributed by atoms with Crippen molar-refractivity contribution in [3.05, 3.63) is 22.7 Å². The van der Waals surface area contributed by atoms with Gasteiger partial charge in [-0.05, 0) is 12.1 Å². The lowest BCUT2D eigenvalue weighted by molar-refractivity contribution is 1.20. The maximum Gasteiger partial charge on any atom is 0.221 e. The molecule has 6 heteroatoms. The summed E-state index contributed by atoms with van der Waals surface area (Å²) in [6.07, 6.45) is 1.60. The molecule has 2 heterocycles. The molecule has 14 heavy (non-hydrogen) atoms. The number of hydrogen-bond acceptors (Lipinski definition) is 5. The van der Waals surface area contributed by atoms with Crippen LogP contribution in [0.15, 0.2) is 18.3 Å². The molecular weight excluding hydrogens is 220 g/mol. The lowest BCUT2D eigenvalue weighted by Gasteiger charge is -2.01. The van der Waals surface area contributed by atoms with Crippen LogP contribution in [0.3, 0.4) is 0 Å². The second-order valence-electron chi connectivity index (χ2n) is 2.63. The number of halogens is 1. The van der Waals surface area contributed by atoms with Gasteiger partial charge in [-0.15, -0.1) is 11.3 Å². The molecular formula is C8H7ClN4S. The molecule has 0 unspecified atom stereocenters. The Morgan fingerprint density at radius 2 is 2.07 bits per heavy atom. The number of nitrogen functional groups attached to an aromatic ring is 2. The monoisotopic (exact) mass is 226 g/mol. The smallest absolute Gasteiger partial charge is 0.221 e. The van der Waals surface area contributed by atoms with Crippen molar-refractivity contribution in [3.63, 3.8) is 0 Å². The van der Waals surface area contributed by atoms with Gasteiger partial charge in [0.05, 0.1) is 9.90 Å². The first kappa shape index (κ1) is 9.23. The van der Waals surface area contributed by atoms with E-state index in [0.717, 1.165) is 10.4 Å². The summed E-state index contributed by atoms with van der Waals surface area (Å²) in [6, 6.07) is 3.68. The van der Waals surface area contributed by atoms with E-state index in [0.29, 0.717) is 10.2 Å². The lowest BCUT2D eigenvalue weighted by atomic mass is 10.2. The molecule has 0 aliphatic heterocycles. The van der Waals surface area contributed by atoms with Crippen molar-refractivity contribution < 1.29 is 0 Å². The number of rotatable bonds is 1. The van der Waals surface area contributed by atoms with Gasteiger partial charge in [0.15, 0.2) is 0 Å². The zero-order valence-corrected chi connectivity index (χ0v) is 8.64. The van der Waals surface area contributed by atoms with Gasteiger partial charge in [-0.1, -0.05) is 11.6 Å². The Kier molecular flexibility index (Phi) is 2.26. The van der Waals surface area contributed by atoms with E-state index >= 15 is 0 Å². The summed E-state index contributed by atoms with van der Waals surface area (Å²) < 4.78 is 0.705. The third-order valence-corrected chi connectivity index (χ3v) is 2.94. The van der Waals surface area contributed by atoms with Crippen LogP contribution in [-0.2, 0) is 0 Å². The standard InChI is InChI=1S/C8H7ClN4S/c9-6-2-1-5(14-6)4-3-12-8(11)13-7(4)10/h1-3H,(H4,10,11,12,13). The maximum absolute atomic E-state index is 5.81. The van der Waals surface area contributed by atoms with Crippen LogP contribution in [0.4, 0.5) is 11.8 Å². The molecule has 0 saturated carbocycles. The highest BCUT2D eigenvalue weighted by Gasteiger charge is 2.07. The highest BCUT2D eigenvalue weighted by molar-refractivity contribution is 7.19. The van der Waals surface area contributed by atoms with E-state index in [4.69, 9.17) is 23.1 Å². The molecule has 72 valence electrons. The van der Waals surface area contributed by atoms with Crippen molar-refractivity contribution in [1.29, 1.82) is 0 Å². The molecule has 2 rings (SSSR count). The van der Waals surface area contributed by atoms with E-state index in [1.165, 1.54) is 11.3 Å². The van der Waals surface area contributed by atoms with Crippen LogP contribution < -0.4 is 11.5 Å². The Morgan fingerprint density at radius 3 is 2.64 bits per heavy atom. The molecule has 4 nitrogen and oxygen atoms in total. The van der Waals surface area contributed by atoms with Crippen LogP contribution in [0.5, 0.6) is 0 Å². The summed E-state index contributed by atoms with van der Waals surface area (Å²) in [7, 11) is 0. The minimum atomic E-state index is 0.175. The molecule has 0 saturated heterocycles. The fourth-order valence-corrected chi connectivity index (χ4v) is 2.12. The Hall–Kier alpha value is -1.33. The molecule has 0 aliphatic rings. The number of nitrogens with zero attached hydrogens (tertiary/aromatic N) is 2. The second-order valence-corrected chi connectivity index (χ2v) is 4.35. The number of hydrogen-bond donors (Lipinski definition) is 2. The summed E-state index contributed by atoms with van der Waals surface area (Å²) in [5, 5.41) is 0. The van der Waals surface area contributed by atoms with Crippen LogP contribution in [0.1, 0.15) is 0 Å². The number of nitrogens with two attached hydrogens (primary N) is 2. The van der Waals surface area contributed by atoms with Crippen LogP contribution in [0.25, 0.3) is 10.4 Å². The summed E-state index contributed by atoms with van der Waals surface area (Å²) in [6.45, 7) is 0. The van der Waals surface area contributed by atoms with Crippen LogP contribution in [0.2, 0.25) is 4.34 Å². The van der Waals surface area contributed by atoms with E-state index < -0.39 is 0 Å². The Balaban J connectivity index is 2.52. The van der Waals surface area contributed by atoms with Gasteiger partial charge in [-0.3, -0.25) is 0 Å². The first-order valence-electron chi connectivity index (χ1n) is 3.80. The third kappa shape index (κ3) is 1.64. The highest BCUT2D eigenvalue weighted by Crippen LogP contribution is 2.33. The van der Waals surface area contributed by atoms with E-state index in [1.807, 2.05) is 6.07 Å². The van der Waals surface area contributed by atoms with Crippen LogP contribution >= 0.6 is 22.9 Å². The van der Waals surface area contributed by atoms with Gasteiger partial charge in [0.25, 0.3) is 0 Å². The van der Waals surface area contributed by atoms with Crippen LogP contribution in [-0.4, -0.2) is 9.97 Å². The number of thiophene rings is 1. The Labute approximate surface area is 89.6 Å². The summed E-state index contributed by atoms with van der Waals surface area (Å²) in [5.74, 6) is 0.546. The molecule has 2 aromatic heterocycles. The van der Waals surface area contributed by atoms with Crippen LogP contribution in [0, 0.1) is 0 Å².